The average molecular weight is 268 g/mol. The average Bonchev–Trinajstić information content (AvgIpc) is 2.88. The number of rotatable bonds is 8. The minimum absolute atomic E-state index is 0.0553. The van der Waals surface area contributed by atoms with Crippen molar-refractivity contribution in [3.8, 4) is 0 Å². The van der Waals surface area contributed by atoms with E-state index in [0.29, 0.717) is 31.9 Å². The number of hydrogen-bond acceptors (Lipinski definition) is 4. The van der Waals surface area contributed by atoms with Gasteiger partial charge in [0.05, 0.1) is 19.4 Å². The van der Waals surface area contributed by atoms with Crippen LogP contribution >= 0.6 is 0 Å². The molecule has 1 aromatic heterocycles. The molecule has 2 amide bonds. The van der Waals surface area contributed by atoms with Crippen LogP contribution in [-0.2, 0) is 20.9 Å². The van der Waals surface area contributed by atoms with Gasteiger partial charge in [-0.2, -0.15) is 0 Å². The third-order valence-electron chi connectivity index (χ3n) is 2.60. The van der Waals surface area contributed by atoms with E-state index in [4.69, 9.17) is 9.15 Å². The summed E-state index contributed by atoms with van der Waals surface area (Å²) in [4.78, 5) is 24.6. The number of nitrogens with one attached hydrogen (secondary N) is 1. The molecule has 1 rings (SSSR count). The molecule has 0 aliphatic heterocycles. The minimum atomic E-state index is -0.205. The van der Waals surface area contributed by atoms with Crippen LogP contribution < -0.4 is 5.32 Å². The Bertz CT molecular complexity index is 389. The third-order valence-corrected chi connectivity index (χ3v) is 2.60. The summed E-state index contributed by atoms with van der Waals surface area (Å²) in [7, 11) is 1.61. The standard InChI is InChI=1S/C13H20N2O4/c1-11(16)15(6-4-7-18-2)10-13(17)14-9-12-5-3-8-19-12/h3,5,8H,4,6-7,9-10H2,1-2H3,(H,14,17). The summed E-state index contributed by atoms with van der Waals surface area (Å²) < 4.78 is 10.0. The molecule has 106 valence electrons. The van der Waals surface area contributed by atoms with Crippen molar-refractivity contribution in [3.05, 3.63) is 24.2 Å². The molecule has 0 aliphatic carbocycles. The van der Waals surface area contributed by atoms with Gasteiger partial charge in [-0.1, -0.05) is 0 Å². The lowest BCUT2D eigenvalue weighted by molar-refractivity contribution is -0.134. The lowest BCUT2D eigenvalue weighted by Gasteiger charge is -2.20. The Labute approximate surface area is 112 Å². The molecule has 19 heavy (non-hydrogen) atoms. The minimum Gasteiger partial charge on any atom is -0.467 e. The Morgan fingerprint density at radius 3 is 2.84 bits per heavy atom. The topological polar surface area (TPSA) is 71.8 Å². The fourth-order valence-electron chi connectivity index (χ4n) is 1.58. The van der Waals surface area contributed by atoms with Crippen molar-refractivity contribution < 1.29 is 18.7 Å². The predicted octanol–water partition coefficient (Wildman–Crippen LogP) is 0.781. The lowest BCUT2D eigenvalue weighted by Crippen LogP contribution is -2.40. The Kier molecular flexibility index (Phi) is 6.67. The Morgan fingerprint density at radius 1 is 1.47 bits per heavy atom. The first-order valence-electron chi connectivity index (χ1n) is 6.17. The zero-order valence-electron chi connectivity index (χ0n) is 11.3. The van der Waals surface area contributed by atoms with Gasteiger partial charge in [-0.15, -0.1) is 0 Å². The van der Waals surface area contributed by atoms with Crippen molar-refractivity contribution in [1.29, 1.82) is 0 Å². The first kappa shape index (κ1) is 15.2. The van der Waals surface area contributed by atoms with Crippen molar-refractivity contribution in [2.75, 3.05) is 26.8 Å². The van der Waals surface area contributed by atoms with Crippen molar-refractivity contribution in [3.63, 3.8) is 0 Å². The first-order valence-corrected chi connectivity index (χ1v) is 6.17. The smallest absolute Gasteiger partial charge is 0.240 e. The molecule has 0 atom stereocenters. The molecule has 0 bridgehead atoms. The van der Waals surface area contributed by atoms with Gasteiger partial charge in [-0.3, -0.25) is 9.59 Å². The van der Waals surface area contributed by atoms with E-state index in [9.17, 15) is 9.59 Å². The quantitative estimate of drug-likeness (QED) is 0.707. The number of carbonyl (C=O) groups excluding carboxylic acids is 2. The summed E-state index contributed by atoms with van der Waals surface area (Å²) in [6, 6.07) is 3.54. The highest BCUT2D eigenvalue weighted by molar-refractivity contribution is 5.83. The Balaban J connectivity index is 2.32. The number of methoxy groups -OCH3 is 1. The maximum atomic E-state index is 11.7. The van der Waals surface area contributed by atoms with E-state index in [1.54, 1.807) is 25.5 Å². The molecule has 6 nitrogen and oxygen atoms in total. The summed E-state index contributed by atoms with van der Waals surface area (Å²) >= 11 is 0. The number of nitrogens with zero attached hydrogens (tertiary/aromatic N) is 1. The van der Waals surface area contributed by atoms with Crippen LogP contribution in [0.4, 0.5) is 0 Å². The van der Waals surface area contributed by atoms with Gasteiger partial charge in [0.15, 0.2) is 0 Å². The Hall–Kier alpha value is -1.82. The van der Waals surface area contributed by atoms with Crippen molar-refractivity contribution in [2.24, 2.45) is 0 Å². The Morgan fingerprint density at radius 2 is 2.26 bits per heavy atom. The molecule has 0 fully saturated rings. The summed E-state index contributed by atoms with van der Waals surface area (Å²) in [5.41, 5.74) is 0. The van der Waals surface area contributed by atoms with Crippen LogP contribution in [0.15, 0.2) is 22.8 Å². The number of furan rings is 1. The second-order valence-corrected chi connectivity index (χ2v) is 4.14. The number of ether oxygens (including phenoxy) is 1. The molecule has 0 aromatic carbocycles. The number of carbonyl (C=O) groups is 2. The molecule has 0 unspecified atom stereocenters. The van der Waals surface area contributed by atoms with E-state index in [0.717, 1.165) is 0 Å². The van der Waals surface area contributed by atoms with E-state index >= 15 is 0 Å². The molecule has 0 saturated carbocycles. The predicted molar refractivity (Wildman–Crippen MR) is 69.3 cm³/mol. The highest BCUT2D eigenvalue weighted by Crippen LogP contribution is 1.99. The largest absolute Gasteiger partial charge is 0.467 e. The zero-order chi connectivity index (χ0) is 14.1. The highest BCUT2D eigenvalue weighted by atomic mass is 16.5. The van der Waals surface area contributed by atoms with Crippen LogP contribution in [0.5, 0.6) is 0 Å². The molecule has 1 N–H and O–H groups in total. The van der Waals surface area contributed by atoms with Crippen LogP contribution in [0.1, 0.15) is 19.1 Å². The van der Waals surface area contributed by atoms with E-state index < -0.39 is 0 Å². The van der Waals surface area contributed by atoms with Gasteiger partial charge in [-0.25, -0.2) is 0 Å². The fraction of sp³-hybridized carbons (Fsp3) is 0.538. The van der Waals surface area contributed by atoms with Gasteiger partial charge in [0.2, 0.25) is 11.8 Å². The lowest BCUT2D eigenvalue weighted by atomic mass is 10.3. The van der Waals surface area contributed by atoms with Gasteiger partial charge >= 0.3 is 0 Å². The van der Waals surface area contributed by atoms with Gasteiger partial charge in [0, 0.05) is 27.2 Å². The summed E-state index contributed by atoms with van der Waals surface area (Å²) in [6.07, 6.45) is 2.26. The number of hydrogen-bond donors (Lipinski definition) is 1. The molecule has 1 heterocycles. The van der Waals surface area contributed by atoms with E-state index in [-0.39, 0.29) is 18.4 Å². The maximum Gasteiger partial charge on any atom is 0.240 e. The van der Waals surface area contributed by atoms with E-state index in [1.165, 1.54) is 11.8 Å². The van der Waals surface area contributed by atoms with Gasteiger partial charge in [-0.05, 0) is 18.6 Å². The van der Waals surface area contributed by atoms with Crippen LogP contribution in [0, 0.1) is 0 Å². The molecular formula is C13H20N2O4. The van der Waals surface area contributed by atoms with Crippen molar-refractivity contribution >= 4 is 11.8 Å². The normalized spacial score (nSPS) is 10.2. The first-order chi connectivity index (χ1) is 9.13. The molecule has 0 saturated heterocycles. The molecule has 0 aliphatic rings. The van der Waals surface area contributed by atoms with E-state index in [2.05, 4.69) is 5.32 Å². The fourth-order valence-corrected chi connectivity index (χ4v) is 1.58. The molecule has 0 radical (unpaired) electrons. The number of amides is 2. The summed E-state index contributed by atoms with van der Waals surface area (Å²) in [5, 5.41) is 2.70. The summed E-state index contributed by atoms with van der Waals surface area (Å²) in [5.74, 6) is 0.357. The van der Waals surface area contributed by atoms with Crippen LogP contribution in [-0.4, -0.2) is 43.5 Å². The van der Waals surface area contributed by atoms with Crippen LogP contribution in [0.25, 0.3) is 0 Å². The second kappa shape index (κ2) is 8.31. The molecular weight excluding hydrogens is 248 g/mol. The van der Waals surface area contributed by atoms with Gasteiger partial charge in [0.1, 0.15) is 5.76 Å². The molecule has 1 aromatic rings. The monoisotopic (exact) mass is 268 g/mol. The summed E-state index contributed by atoms with van der Waals surface area (Å²) in [6.45, 7) is 2.91. The van der Waals surface area contributed by atoms with Crippen molar-refractivity contribution in [1.82, 2.24) is 10.2 Å². The molecule has 6 heteroatoms. The van der Waals surface area contributed by atoms with Crippen LogP contribution in [0.3, 0.4) is 0 Å². The maximum absolute atomic E-state index is 11.7. The second-order valence-electron chi connectivity index (χ2n) is 4.14. The third kappa shape index (κ3) is 6.05. The highest BCUT2D eigenvalue weighted by Gasteiger charge is 2.13. The molecule has 0 spiro atoms. The van der Waals surface area contributed by atoms with Gasteiger partial charge in [0.25, 0.3) is 0 Å². The van der Waals surface area contributed by atoms with Gasteiger partial charge < -0.3 is 19.4 Å². The zero-order valence-corrected chi connectivity index (χ0v) is 11.3. The SMILES string of the molecule is COCCCN(CC(=O)NCc1ccco1)C(C)=O. The van der Waals surface area contributed by atoms with Crippen molar-refractivity contribution in [2.45, 2.75) is 19.9 Å². The van der Waals surface area contributed by atoms with Crippen LogP contribution in [0.2, 0.25) is 0 Å². The van der Waals surface area contributed by atoms with E-state index in [1.807, 2.05) is 0 Å².